The number of carbonyl (C=O) groups excluding carboxylic acids is 1. The van der Waals surface area contributed by atoms with E-state index >= 15 is 0 Å². The lowest BCUT2D eigenvalue weighted by molar-refractivity contribution is -0.115. The summed E-state index contributed by atoms with van der Waals surface area (Å²) in [5.74, 6) is -0.287. The molecule has 2 aromatic rings. The molecule has 1 aromatic carbocycles. The first kappa shape index (κ1) is 19.0. The number of carbonyl (C=O) groups is 1. The lowest BCUT2D eigenvalue weighted by Gasteiger charge is -2.26. The molecule has 1 aromatic heterocycles. The molecule has 0 fully saturated rings. The van der Waals surface area contributed by atoms with E-state index in [2.05, 4.69) is 15.4 Å². The van der Waals surface area contributed by atoms with Gasteiger partial charge in [0.05, 0.1) is 24.8 Å². The molecule has 142 valence electrons. The second-order valence-corrected chi connectivity index (χ2v) is 7.01. The molecule has 6 nitrogen and oxygen atoms in total. The predicted molar refractivity (Wildman–Crippen MR) is 105 cm³/mol. The lowest BCUT2D eigenvalue weighted by Crippen LogP contribution is -2.40. The maximum atomic E-state index is 12.5. The highest BCUT2D eigenvalue weighted by Crippen LogP contribution is 2.26. The van der Waals surface area contributed by atoms with Gasteiger partial charge in [0.25, 0.3) is 5.91 Å². The SMILES string of the molecule is CC(C)NC(=O)C1=NN(Cc2ccccn2)C(OCc2ccccc2)C1C. The third-order valence-electron chi connectivity index (χ3n) is 4.36. The van der Waals surface area contributed by atoms with Crippen molar-refractivity contribution >= 4 is 11.6 Å². The van der Waals surface area contributed by atoms with Crippen LogP contribution in [0.3, 0.4) is 0 Å². The highest BCUT2D eigenvalue weighted by molar-refractivity contribution is 6.40. The standard InChI is InChI=1S/C21H26N4O2/c1-15(2)23-20(26)19-16(3)21(27-14-17-9-5-4-6-10-17)25(24-19)13-18-11-7-8-12-22-18/h4-12,15-16,21H,13-14H2,1-3H3,(H,23,26). The Morgan fingerprint density at radius 1 is 1.19 bits per heavy atom. The zero-order chi connectivity index (χ0) is 19.2. The van der Waals surface area contributed by atoms with Gasteiger partial charge in [-0.15, -0.1) is 0 Å². The molecule has 0 bridgehead atoms. The number of ether oxygens (including phenoxy) is 1. The topological polar surface area (TPSA) is 66.8 Å². The zero-order valence-corrected chi connectivity index (χ0v) is 16.0. The third-order valence-corrected chi connectivity index (χ3v) is 4.36. The molecular weight excluding hydrogens is 340 g/mol. The van der Waals surface area contributed by atoms with Crippen molar-refractivity contribution < 1.29 is 9.53 Å². The normalized spacial score (nSPS) is 19.3. The smallest absolute Gasteiger partial charge is 0.268 e. The third kappa shape index (κ3) is 4.92. The Balaban J connectivity index is 1.77. The van der Waals surface area contributed by atoms with Crippen LogP contribution in [0.15, 0.2) is 59.8 Å². The van der Waals surface area contributed by atoms with E-state index in [1.54, 1.807) is 6.20 Å². The summed E-state index contributed by atoms with van der Waals surface area (Å²) in [4.78, 5) is 16.9. The summed E-state index contributed by atoms with van der Waals surface area (Å²) < 4.78 is 6.18. The molecule has 2 atom stereocenters. The van der Waals surface area contributed by atoms with Crippen LogP contribution in [-0.2, 0) is 22.7 Å². The maximum Gasteiger partial charge on any atom is 0.268 e. The Morgan fingerprint density at radius 3 is 2.59 bits per heavy atom. The van der Waals surface area contributed by atoms with E-state index < -0.39 is 0 Å². The van der Waals surface area contributed by atoms with Crippen molar-refractivity contribution in [3.8, 4) is 0 Å². The molecule has 1 aliphatic heterocycles. The van der Waals surface area contributed by atoms with E-state index in [-0.39, 0.29) is 24.1 Å². The molecule has 6 heteroatoms. The van der Waals surface area contributed by atoms with Crippen molar-refractivity contribution in [2.45, 2.75) is 46.2 Å². The molecule has 0 radical (unpaired) electrons. The van der Waals surface area contributed by atoms with Crippen LogP contribution in [0.5, 0.6) is 0 Å². The van der Waals surface area contributed by atoms with Gasteiger partial charge in [0.2, 0.25) is 0 Å². The van der Waals surface area contributed by atoms with Crippen LogP contribution >= 0.6 is 0 Å². The first-order valence-corrected chi connectivity index (χ1v) is 9.26. The van der Waals surface area contributed by atoms with Crippen LogP contribution in [0.4, 0.5) is 0 Å². The quantitative estimate of drug-likeness (QED) is 0.818. The maximum absolute atomic E-state index is 12.5. The molecule has 2 unspecified atom stereocenters. The van der Waals surface area contributed by atoms with E-state index in [0.717, 1.165) is 11.3 Å². The van der Waals surface area contributed by atoms with Crippen LogP contribution < -0.4 is 5.32 Å². The fourth-order valence-corrected chi connectivity index (χ4v) is 3.04. The highest BCUT2D eigenvalue weighted by atomic mass is 16.5. The summed E-state index contributed by atoms with van der Waals surface area (Å²) in [6.45, 7) is 6.80. The van der Waals surface area contributed by atoms with Crippen molar-refractivity contribution in [3.05, 3.63) is 66.0 Å². The summed E-state index contributed by atoms with van der Waals surface area (Å²) in [6, 6.07) is 15.8. The number of aromatic nitrogens is 1. The van der Waals surface area contributed by atoms with Gasteiger partial charge in [0.15, 0.2) is 6.23 Å². The fourth-order valence-electron chi connectivity index (χ4n) is 3.04. The average Bonchev–Trinajstić information content (AvgIpc) is 2.97. The molecule has 0 aliphatic carbocycles. The van der Waals surface area contributed by atoms with E-state index in [9.17, 15) is 4.79 Å². The number of nitrogens with zero attached hydrogens (tertiary/aromatic N) is 3. The highest BCUT2D eigenvalue weighted by Gasteiger charge is 2.38. The largest absolute Gasteiger partial charge is 0.351 e. The minimum Gasteiger partial charge on any atom is -0.351 e. The zero-order valence-electron chi connectivity index (χ0n) is 16.0. The Morgan fingerprint density at radius 2 is 1.93 bits per heavy atom. The van der Waals surface area contributed by atoms with Crippen molar-refractivity contribution in [3.63, 3.8) is 0 Å². The molecule has 1 amide bonds. The fraction of sp³-hybridized carbons (Fsp3) is 0.381. The Hall–Kier alpha value is -2.73. The molecule has 0 saturated carbocycles. The van der Waals surface area contributed by atoms with Gasteiger partial charge in [-0.2, -0.15) is 5.10 Å². The minimum atomic E-state index is -0.319. The lowest BCUT2D eigenvalue weighted by atomic mass is 10.0. The van der Waals surface area contributed by atoms with Crippen molar-refractivity contribution in [1.82, 2.24) is 15.3 Å². The number of benzene rings is 1. The van der Waals surface area contributed by atoms with Gasteiger partial charge in [-0.05, 0) is 31.5 Å². The molecule has 0 saturated heterocycles. The van der Waals surface area contributed by atoms with Gasteiger partial charge >= 0.3 is 0 Å². The van der Waals surface area contributed by atoms with Gasteiger partial charge < -0.3 is 10.1 Å². The Labute approximate surface area is 160 Å². The number of pyridine rings is 1. The molecule has 1 N–H and O–H groups in total. The van der Waals surface area contributed by atoms with Crippen molar-refractivity contribution in [2.24, 2.45) is 11.0 Å². The van der Waals surface area contributed by atoms with Gasteiger partial charge in [-0.1, -0.05) is 43.3 Å². The van der Waals surface area contributed by atoms with Crippen LogP contribution in [0.25, 0.3) is 0 Å². The molecule has 3 rings (SSSR count). The van der Waals surface area contributed by atoms with Crippen LogP contribution in [0, 0.1) is 5.92 Å². The monoisotopic (exact) mass is 366 g/mol. The summed E-state index contributed by atoms with van der Waals surface area (Å²) >= 11 is 0. The number of amides is 1. The minimum absolute atomic E-state index is 0.0564. The van der Waals surface area contributed by atoms with Crippen molar-refractivity contribution in [1.29, 1.82) is 0 Å². The van der Waals surface area contributed by atoms with Gasteiger partial charge in [-0.25, -0.2) is 0 Å². The van der Waals surface area contributed by atoms with Crippen LogP contribution in [0.1, 0.15) is 32.0 Å². The average molecular weight is 366 g/mol. The summed E-state index contributed by atoms with van der Waals surface area (Å²) in [7, 11) is 0. The van der Waals surface area contributed by atoms with E-state index in [1.165, 1.54) is 0 Å². The number of rotatable bonds is 7. The van der Waals surface area contributed by atoms with Gasteiger partial charge in [0.1, 0.15) is 5.71 Å². The van der Waals surface area contributed by atoms with E-state index in [4.69, 9.17) is 4.74 Å². The van der Waals surface area contributed by atoms with Crippen molar-refractivity contribution in [2.75, 3.05) is 0 Å². The number of hydrazone groups is 1. The Kier molecular flexibility index (Phi) is 6.19. The Bertz CT molecular complexity index is 777. The first-order chi connectivity index (χ1) is 13.0. The second kappa shape index (κ2) is 8.77. The molecule has 2 heterocycles. The number of hydrogen-bond donors (Lipinski definition) is 1. The number of nitrogens with one attached hydrogen (secondary N) is 1. The summed E-state index contributed by atoms with van der Waals surface area (Å²) in [5, 5.41) is 9.33. The van der Waals surface area contributed by atoms with E-state index in [0.29, 0.717) is 18.9 Å². The number of hydrogen-bond acceptors (Lipinski definition) is 5. The predicted octanol–water partition coefficient (Wildman–Crippen LogP) is 2.96. The molecule has 1 aliphatic rings. The molecule has 0 spiro atoms. The van der Waals surface area contributed by atoms with Crippen LogP contribution in [-0.4, -0.2) is 33.9 Å². The second-order valence-electron chi connectivity index (χ2n) is 7.01. The first-order valence-electron chi connectivity index (χ1n) is 9.26. The molecular formula is C21H26N4O2. The van der Waals surface area contributed by atoms with Crippen LogP contribution in [0.2, 0.25) is 0 Å². The summed E-state index contributed by atoms with van der Waals surface area (Å²) in [6.07, 6.45) is 1.44. The van der Waals surface area contributed by atoms with Gasteiger partial charge in [-0.3, -0.25) is 14.8 Å². The van der Waals surface area contributed by atoms with E-state index in [1.807, 2.05) is 74.3 Å². The summed E-state index contributed by atoms with van der Waals surface area (Å²) in [5.41, 5.74) is 2.47. The van der Waals surface area contributed by atoms with Gasteiger partial charge in [0, 0.05) is 12.2 Å². The molecule has 27 heavy (non-hydrogen) atoms.